The van der Waals surface area contributed by atoms with Crippen LogP contribution in [0.4, 0.5) is 5.82 Å². The quantitative estimate of drug-likeness (QED) is 0.806. The molecule has 5 heteroatoms. The molecule has 0 fully saturated rings. The predicted octanol–water partition coefficient (Wildman–Crippen LogP) is 2.82. The Morgan fingerprint density at radius 3 is 2.68 bits per heavy atom. The Bertz CT molecular complexity index is 557. The minimum absolute atomic E-state index is 0.521. The van der Waals surface area contributed by atoms with Crippen molar-refractivity contribution >= 4 is 17.4 Å². The van der Waals surface area contributed by atoms with Crippen molar-refractivity contribution in [1.29, 1.82) is 0 Å². The summed E-state index contributed by atoms with van der Waals surface area (Å²) in [5, 5.41) is 0.521. The Balaban J connectivity index is 2.10. The van der Waals surface area contributed by atoms with Crippen molar-refractivity contribution in [3.63, 3.8) is 0 Å². The van der Waals surface area contributed by atoms with E-state index in [1.54, 1.807) is 0 Å². The van der Waals surface area contributed by atoms with Gasteiger partial charge < -0.3 is 4.90 Å². The summed E-state index contributed by atoms with van der Waals surface area (Å²) in [6, 6.07) is 5.95. The van der Waals surface area contributed by atoms with Crippen LogP contribution in [-0.2, 0) is 6.42 Å². The van der Waals surface area contributed by atoms with E-state index in [1.807, 2.05) is 45.3 Å². The fraction of sp³-hybridized carbons (Fsp3) is 0.357. The third-order valence-corrected chi connectivity index (χ3v) is 3.33. The first-order chi connectivity index (χ1) is 9.08. The first kappa shape index (κ1) is 13.7. The largest absolute Gasteiger partial charge is 0.359 e. The first-order valence-corrected chi connectivity index (χ1v) is 6.57. The van der Waals surface area contributed by atoms with Crippen molar-refractivity contribution in [3.05, 3.63) is 46.6 Å². The molecule has 2 rings (SSSR count). The molecule has 2 aromatic rings. The van der Waals surface area contributed by atoms with Crippen LogP contribution >= 0.6 is 11.6 Å². The normalized spacial score (nSPS) is 10.5. The molecule has 0 aliphatic heterocycles. The van der Waals surface area contributed by atoms with Crippen LogP contribution in [0, 0.1) is 13.8 Å². The molecule has 0 spiro atoms. The number of nitrogens with zero attached hydrogens (tertiary/aromatic N) is 4. The van der Waals surface area contributed by atoms with Gasteiger partial charge in [0, 0.05) is 37.5 Å². The molecule has 0 aliphatic rings. The van der Waals surface area contributed by atoms with Gasteiger partial charge in [-0.2, -0.15) is 0 Å². The van der Waals surface area contributed by atoms with Gasteiger partial charge in [0.25, 0.3) is 0 Å². The Hall–Kier alpha value is -1.68. The molecule has 0 aliphatic carbocycles. The van der Waals surface area contributed by atoms with E-state index in [0.29, 0.717) is 11.0 Å². The smallest absolute Gasteiger partial charge is 0.137 e. The number of rotatable bonds is 4. The summed E-state index contributed by atoms with van der Waals surface area (Å²) in [7, 11) is 2.01. The standard InChI is InChI=1S/C14H17ClN4/c1-10-13(15)17-11(2)18-14(10)19(3)9-7-12-6-4-5-8-16-12/h4-6,8H,7,9H2,1-3H3. The number of anilines is 1. The van der Waals surface area contributed by atoms with E-state index in [4.69, 9.17) is 11.6 Å². The van der Waals surface area contributed by atoms with E-state index in [1.165, 1.54) is 0 Å². The van der Waals surface area contributed by atoms with Crippen molar-refractivity contribution in [2.45, 2.75) is 20.3 Å². The van der Waals surface area contributed by atoms with Gasteiger partial charge in [-0.25, -0.2) is 9.97 Å². The number of aromatic nitrogens is 3. The van der Waals surface area contributed by atoms with Crippen LogP contribution in [0.2, 0.25) is 5.15 Å². The van der Waals surface area contributed by atoms with Gasteiger partial charge in [0.2, 0.25) is 0 Å². The number of pyridine rings is 1. The molecule has 4 nitrogen and oxygen atoms in total. The summed E-state index contributed by atoms with van der Waals surface area (Å²) in [6.45, 7) is 4.63. The zero-order valence-corrected chi connectivity index (χ0v) is 12.1. The Morgan fingerprint density at radius 2 is 2.00 bits per heavy atom. The average Bonchev–Trinajstić information content (AvgIpc) is 2.41. The summed E-state index contributed by atoms with van der Waals surface area (Å²) < 4.78 is 0. The zero-order chi connectivity index (χ0) is 13.8. The minimum atomic E-state index is 0.521. The molecular weight excluding hydrogens is 260 g/mol. The number of likely N-dealkylation sites (N-methyl/N-ethyl adjacent to an activating group) is 1. The highest BCUT2D eigenvalue weighted by Gasteiger charge is 2.11. The van der Waals surface area contributed by atoms with E-state index < -0.39 is 0 Å². The van der Waals surface area contributed by atoms with E-state index in [-0.39, 0.29) is 0 Å². The summed E-state index contributed by atoms with van der Waals surface area (Å²) in [4.78, 5) is 15.0. The summed E-state index contributed by atoms with van der Waals surface area (Å²) in [5.74, 6) is 1.57. The molecule has 2 heterocycles. The van der Waals surface area contributed by atoms with Crippen molar-refractivity contribution in [2.75, 3.05) is 18.5 Å². The van der Waals surface area contributed by atoms with E-state index >= 15 is 0 Å². The minimum Gasteiger partial charge on any atom is -0.359 e. The monoisotopic (exact) mass is 276 g/mol. The molecule has 0 aromatic carbocycles. The predicted molar refractivity (Wildman–Crippen MR) is 77.7 cm³/mol. The third kappa shape index (κ3) is 3.41. The Kier molecular flexibility index (Phi) is 4.32. The summed E-state index contributed by atoms with van der Waals surface area (Å²) in [6.07, 6.45) is 2.68. The SMILES string of the molecule is Cc1nc(Cl)c(C)c(N(C)CCc2ccccn2)n1. The van der Waals surface area contributed by atoms with Gasteiger partial charge in [0.15, 0.2) is 0 Å². The fourth-order valence-corrected chi connectivity index (χ4v) is 2.09. The lowest BCUT2D eigenvalue weighted by molar-refractivity contribution is 0.825. The molecule has 0 N–H and O–H groups in total. The highest BCUT2D eigenvalue weighted by molar-refractivity contribution is 6.30. The lowest BCUT2D eigenvalue weighted by Gasteiger charge is -2.20. The maximum atomic E-state index is 6.09. The van der Waals surface area contributed by atoms with Crippen molar-refractivity contribution in [2.24, 2.45) is 0 Å². The van der Waals surface area contributed by atoms with Gasteiger partial charge in [-0.1, -0.05) is 17.7 Å². The van der Waals surface area contributed by atoms with Gasteiger partial charge in [0.1, 0.15) is 16.8 Å². The lowest BCUT2D eigenvalue weighted by Crippen LogP contribution is -2.23. The molecule has 0 radical (unpaired) electrons. The van der Waals surface area contributed by atoms with Crippen molar-refractivity contribution < 1.29 is 0 Å². The summed E-state index contributed by atoms with van der Waals surface area (Å²) in [5.41, 5.74) is 1.99. The second-order valence-corrected chi connectivity index (χ2v) is 4.86. The van der Waals surface area contributed by atoms with Crippen LogP contribution in [0.3, 0.4) is 0 Å². The van der Waals surface area contributed by atoms with Crippen LogP contribution in [-0.4, -0.2) is 28.5 Å². The zero-order valence-electron chi connectivity index (χ0n) is 11.4. The molecule has 0 bridgehead atoms. The summed E-state index contributed by atoms with van der Waals surface area (Å²) >= 11 is 6.09. The Morgan fingerprint density at radius 1 is 1.21 bits per heavy atom. The van der Waals surface area contributed by atoms with Crippen molar-refractivity contribution in [1.82, 2.24) is 15.0 Å². The van der Waals surface area contributed by atoms with E-state index in [0.717, 1.165) is 30.0 Å². The van der Waals surface area contributed by atoms with Crippen LogP contribution in [0.15, 0.2) is 24.4 Å². The van der Waals surface area contributed by atoms with Crippen LogP contribution < -0.4 is 4.90 Å². The first-order valence-electron chi connectivity index (χ1n) is 6.19. The number of hydrogen-bond acceptors (Lipinski definition) is 4. The topological polar surface area (TPSA) is 41.9 Å². The second kappa shape index (κ2) is 5.97. The molecule has 19 heavy (non-hydrogen) atoms. The highest BCUT2D eigenvalue weighted by Crippen LogP contribution is 2.22. The Labute approximate surface area is 118 Å². The molecule has 2 aromatic heterocycles. The highest BCUT2D eigenvalue weighted by atomic mass is 35.5. The molecular formula is C14H17ClN4. The third-order valence-electron chi connectivity index (χ3n) is 2.96. The van der Waals surface area contributed by atoms with Crippen LogP contribution in [0.25, 0.3) is 0 Å². The number of aryl methyl sites for hydroxylation is 1. The molecule has 100 valence electrons. The molecule has 0 unspecified atom stereocenters. The number of halogens is 1. The molecule has 0 atom stereocenters. The van der Waals surface area contributed by atoms with Gasteiger partial charge in [-0.05, 0) is 26.0 Å². The van der Waals surface area contributed by atoms with Gasteiger partial charge in [-0.15, -0.1) is 0 Å². The maximum absolute atomic E-state index is 6.09. The molecule has 0 saturated carbocycles. The van der Waals surface area contributed by atoms with E-state index in [2.05, 4.69) is 19.9 Å². The van der Waals surface area contributed by atoms with Crippen molar-refractivity contribution in [3.8, 4) is 0 Å². The average molecular weight is 277 g/mol. The fourth-order valence-electron chi connectivity index (χ4n) is 1.89. The number of hydrogen-bond donors (Lipinski definition) is 0. The molecule has 0 amide bonds. The van der Waals surface area contributed by atoms with Crippen LogP contribution in [0.5, 0.6) is 0 Å². The van der Waals surface area contributed by atoms with Crippen LogP contribution in [0.1, 0.15) is 17.1 Å². The second-order valence-electron chi connectivity index (χ2n) is 4.50. The molecule has 0 saturated heterocycles. The van der Waals surface area contributed by atoms with Gasteiger partial charge in [-0.3, -0.25) is 4.98 Å². The lowest BCUT2D eigenvalue weighted by atomic mass is 10.2. The van der Waals surface area contributed by atoms with Gasteiger partial charge >= 0.3 is 0 Å². The van der Waals surface area contributed by atoms with Gasteiger partial charge in [0.05, 0.1) is 0 Å². The van der Waals surface area contributed by atoms with E-state index in [9.17, 15) is 0 Å². The maximum Gasteiger partial charge on any atom is 0.137 e.